The van der Waals surface area contributed by atoms with Gasteiger partial charge < -0.3 is 5.11 Å². The molecular weight excluding hydrogens is 240 g/mol. The van der Waals surface area contributed by atoms with Crippen LogP contribution in [0, 0.1) is 0 Å². The molecular formula is C12H17BrO. The highest BCUT2D eigenvalue weighted by atomic mass is 79.9. The molecule has 0 radical (unpaired) electrons. The minimum atomic E-state index is 0.352. The van der Waals surface area contributed by atoms with E-state index in [1.165, 1.54) is 31.2 Å². The Morgan fingerprint density at radius 3 is 2.57 bits per heavy atom. The van der Waals surface area contributed by atoms with E-state index in [1.54, 1.807) is 6.07 Å². The fourth-order valence-corrected chi connectivity index (χ4v) is 2.06. The van der Waals surface area contributed by atoms with Crippen LogP contribution in [0.4, 0.5) is 0 Å². The smallest absolute Gasteiger partial charge is 0.116 e. The number of phenols is 1. The van der Waals surface area contributed by atoms with Gasteiger partial charge in [-0.15, -0.1) is 0 Å². The molecule has 0 amide bonds. The second-order valence-electron chi connectivity index (χ2n) is 3.63. The molecule has 0 fully saturated rings. The number of hydrogen-bond donors (Lipinski definition) is 1. The number of halogens is 1. The lowest BCUT2D eigenvalue weighted by atomic mass is 10.1. The van der Waals surface area contributed by atoms with Crippen LogP contribution in [0.1, 0.15) is 38.2 Å². The number of rotatable bonds is 5. The van der Waals surface area contributed by atoms with Gasteiger partial charge in [0.2, 0.25) is 0 Å². The second-order valence-corrected chi connectivity index (χ2v) is 4.54. The first kappa shape index (κ1) is 11.6. The Bertz CT molecular complexity index is 263. The van der Waals surface area contributed by atoms with Gasteiger partial charge in [-0.3, -0.25) is 0 Å². The summed E-state index contributed by atoms with van der Waals surface area (Å²) in [5.41, 5.74) is 1.22. The van der Waals surface area contributed by atoms with Crippen molar-refractivity contribution in [1.29, 1.82) is 0 Å². The van der Waals surface area contributed by atoms with Gasteiger partial charge in [-0.25, -0.2) is 0 Å². The zero-order chi connectivity index (χ0) is 10.4. The first-order chi connectivity index (χ1) is 6.72. The largest absolute Gasteiger partial charge is 0.508 e. The summed E-state index contributed by atoms with van der Waals surface area (Å²) in [5.74, 6) is 0.352. The predicted molar refractivity (Wildman–Crippen MR) is 63.7 cm³/mol. The first-order valence-corrected chi connectivity index (χ1v) is 6.00. The topological polar surface area (TPSA) is 20.2 Å². The zero-order valence-corrected chi connectivity index (χ0v) is 10.2. The van der Waals surface area contributed by atoms with Gasteiger partial charge in [0, 0.05) is 4.47 Å². The molecule has 1 N–H and O–H groups in total. The minimum Gasteiger partial charge on any atom is -0.508 e. The van der Waals surface area contributed by atoms with Gasteiger partial charge in [0.05, 0.1) is 0 Å². The molecule has 0 aliphatic carbocycles. The number of unbranched alkanes of at least 4 members (excludes halogenated alkanes) is 3. The maximum absolute atomic E-state index is 9.37. The van der Waals surface area contributed by atoms with Crippen LogP contribution in [0.15, 0.2) is 22.7 Å². The van der Waals surface area contributed by atoms with Crippen LogP contribution in [-0.2, 0) is 6.42 Å². The molecule has 1 aromatic carbocycles. The lowest BCUT2D eigenvalue weighted by Crippen LogP contribution is -1.85. The van der Waals surface area contributed by atoms with Gasteiger partial charge in [-0.1, -0.05) is 42.1 Å². The van der Waals surface area contributed by atoms with E-state index < -0.39 is 0 Å². The SMILES string of the molecule is CCCCCCc1cc(O)cc(Br)c1. The lowest BCUT2D eigenvalue weighted by Gasteiger charge is -2.03. The Hall–Kier alpha value is -0.500. The highest BCUT2D eigenvalue weighted by molar-refractivity contribution is 9.10. The quantitative estimate of drug-likeness (QED) is 0.780. The number of aryl methyl sites for hydroxylation is 1. The van der Waals surface area contributed by atoms with E-state index in [2.05, 4.69) is 28.9 Å². The molecule has 2 heteroatoms. The van der Waals surface area contributed by atoms with Crippen LogP contribution in [-0.4, -0.2) is 5.11 Å². The number of hydrogen-bond acceptors (Lipinski definition) is 1. The van der Waals surface area contributed by atoms with Crippen molar-refractivity contribution in [3.63, 3.8) is 0 Å². The maximum atomic E-state index is 9.37. The highest BCUT2D eigenvalue weighted by Crippen LogP contribution is 2.21. The average Bonchev–Trinajstić information content (AvgIpc) is 2.11. The molecule has 0 aromatic heterocycles. The average molecular weight is 257 g/mol. The third kappa shape index (κ3) is 4.14. The van der Waals surface area contributed by atoms with Crippen molar-refractivity contribution in [3.05, 3.63) is 28.2 Å². The van der Waals surface area contributed by atoms with Gasteiger partial charge in [-0.05, 0) is 36.6 Å². The van der Waals surface area contributed by atoms with Crippen LogP contribution < -0.4 is 0 Å². The maximum Gasteiger partial charge on any atom is 0.116 e. The highest BCUT2D eigenvalue weighted by Gasteiger charge is 1.98. The molecule has 0 heterocycles. The third-order valence-corrected chi connectivity index (χ3v) is 2.72. The number of benzene rings is 1. The Kier molecular flexibility index (Phi) is 5.02. The van der Waals surface area contributed by atoms with Crippen molar-refractivity contribution in [3.8, 4) is 5.75 Å². The van der Waals surface area contributed by atoms with Crippen molar-refractivity contribution in [2.24, 2.45) is 0 Å². The Morgan fingerprint density at radius 1 is 1.14 bits per heavy atom. The molecule has 14 heavy (non-hydrogen) atoms. The summed E-state index contributed by atoms with van der Waals surface area (Å²) in [6.07, 6.45) is 6.13. The van der Waals surface area contributed by atoms with Crippen molar-refractivity contribution in [2.45, 2.75) is 39.0 Å². The van der Waals surface area contributed by atoms with Crippen molar-refractivity contribution in [1.82, 2.24) is 0 Å². The molecule has 0 unspecified atom stereocenters. The van der Waals surface area contributed by atoms with Gasteiger partial charge in [0.1, 0.15) is 5.75 Å². The van der Waals surface area contributed by atoms with Gasteiger partial charge in [0.25, 0.3) is 0 Å². The monoisotopic (exact) mass is 256 g/mol. The minimum absolute atomic E-state index is 0.352. The van der Waals surface area contributed by atoms with Crippen molar-refractivity contribution < 1.29 is 5.11 Å². The standard InChI is InChI=1S/C12H17BrO/c1-2-3-4-5-6-10-7-11(13)9-12(14)8-10/h7-9,14H,2-6H2,1H3. The van der Waals surface area contributed by atoms with Gasteiger partial charge in [-0.2, -0.15) is 0 Å². The van der Waals surface area contributed by atoms with Crippen LogP contribution in [0.2, 0.25) is 0 Å². The van der Waals surface area contributed by atoms with Gasteiger partial charge >= 0.3 is 0 Å². The Labute approximate surface area is 94.3 Å². The summed E-state index contributed by atoms with van der Waals surface area (Å²) in [6, 6.07) is 5.64. The predicted octanol–water partition coefficient (Wildman–Crippen LogP) is 4.28. The van der Waals surface area contributed by atoms with E-state index in [-0.39, 0.29) is 0 Å². The fraction of sp³-hybridized carbons (Fsp3) is 0.500. The molecule has 1 nitrogen and oxygen atoms in total. The number of aromatic hydroxyl groups is 1. The van der Waals surface area contributed by atoms with Crippen LogP contribution in [0.3, 0.4) is 0 Å². The molecule has 1 rings (SSSR count). The second kappa shape index (κ2) is 6.07. The lowest BCUT2D eigenvalue weighted by molar-refractivity contribution is 0.474. The molecule has 0 saturated carbocycles. The van der Waals surface area contributed by atoms with Crippen LogP contribution in [0.25, 0.3) is 0 Å². The summed E-state index contributed by atoms with van der Waals surface area (Å²) in [6.45, 7) is 2.21. The summed E-state index contributed by atoms with van der Waals surface area (Å²) in [4.78, 5) is 0. The van der Waals surface area contributed by atoms with E-state index in [0.717, 1.165) is 10.9 Å². The third-order valence-electron chi connectivity index (χ3n) is 2.26. The Balaban J connectivity index is 2.42. The van der Waals surface area contributed by atoms with Crippen molar-refractivity contribution >= 4 is 15.9 Å². The summed E-state index contributed by atoms with van der Waals surface area (Å²) < 4.78 is 0.961. The zero-order valence-electron chi connectivity index (χ0n) is 8.59. The van der Waals surface area contributed by atoms with Crippen LogP contribution >= 0.6 is 15.9 Å². The van der Waals surface area contributed by atoms with Crippen molar-refractivity contribution in [2.75, 3.05) is 0 Å². The molecule has 0 aliphatic rings. The van der Waals surface area contributed by atoms with Gasteiger partial charge in [0.15, 0.2) is 0 Å². The molecule has 0 atom stereocenters. The number of phenolic OH excluding ortho intramolecular Hbond substituents is 1. The molecule has 0 saturated heterocycles. The molecule has 78 valence electrons. The van der Waals surface area contributed by atoms with E-state index in [0.29, 0.717) is 5.75 Å². The van der Waals surface area contributed by atoms with Crippen LogP contribution in [0.5, 0.6) is 5.75 Å². The molecule has 1 aromatic rings. The normalized spacial score (nSPS) is 10.4. The summed E-state index contributed by atoms with van der Waals surface area (Å²) in [7, 11) is 0. The first-order valence-electron chi connectivity index (χ1n) is 5.21. The van der Waals surface area contributed by atoms with E-state index in [9.17, 15) is 5.11 Å². The summed E-state index contributed by atoms with van der Waals surface area (Å²) >= 11 is 3.38. The van der Waals surface area contributed by atoms with E-state index in [4.69, 9.17) is 0 Å². The molecule has 0 bridgehead atoms. The van der Waals surface area contributed by atoms with E-state index in [1.807, 2.05) is 6.07 Å². The molecule has 0 spiro atoms. The summed E-state index contributed by atoms with van der Waals surface area (Å²) in [5, 5.41) is 9.37. The molecule has 0 aliphatic heterocycles. The Morgan fingerprint density at radius 2 is 1.93 bits per heavy atom. The fourth-order valence-electron chi connectivity index (χ4n) is 1.53. The van der Waals surface area contributed by atoms with E-state index >= 15 is 0 Å².